The number of likely N-dealkylation sites (tertiary alicyclic amines) is 1. The summed E-state index contributed by atoms with van der Waals surface area (Å²) in [7, 11) is 0. The Hall–Kier alpha value is -2.80. The zero-order chi connectivity index (χ0) is 18.5. The van der Waals surface area contributed by atoms with Crippen molar-refractivity contribution in [2.75, 3.05) is 18.4 Å². The van der Waals surface area contributed by atoms with E-state index in [2.05, 4.69) is 10.3 Å². The predicted molar refractivity (Wildman–Crippen MR) is 93.8 cm³/mol. The number of nitrogens with zero attached hydrogens (tertiary/aromatic N) is 2. The lowest BCUT2D eigenvalue weighted by molar-refractivity contribution is -0.145. The predicted octanol–water partition coefficient (Wildman–Crippen LogP) is 2.38. The Balaban J connectivity index is 1.69. The van der Waals surface area contributed by atoms with Crippen LogP contribution in [0.3, 0.4) is 0 Å². The Morgan fingerprint density at radius 3 is 2.54 bits per heavy atom. The number of benzene rings is 1. The molecule has 1 aromatic carbocycles. The molecule has 0 radical (unpaired) electrons. The average Bonchev–Trinajstić information content (AvgIpc) is 2.64. The standard InChI is InChI=1S/C19H20FN3O3/c20-15-4-6-16(7-5-15)22-18(24)13-9-14(19(25)26)11-23(10-13)12-17-3-1-2-8-21-17/h1-8,13-14H,9-12H2,(H,22,24)(H,25,26)/t13-,14-/m0/s1. The summed E-state index contributed by atoms with van der Waals surface area (Å²) >= 11 is 0. The van der Waals surface area contributed by atoms with E-state index in [0.717, 1.165) is 5.69 Å². The third-order valence-electron chi connectivity index (χ3n) is 4.47. The summed E-state index contributed by atoms with van der Waals surface area (Å²) in [6.45, 7) is 1.32. The highest BCUT2D eigenvalue weighted by Crippen LogP contribution is 2.25. The lowest BCUT2D eigenvalue weighted by Crippen LogP contribution is -2.46. The van der Waals surface area contributed by atoms with E-state index in [9.17, 15) is 19.1 Å². The molecule has 6 nitrogen and oxygen atoms in total. The summed E-state index contributed by atoms with van der Waals surface area (Å²) in [5.74, 6) is -2.62. The number of carboxylic acids is 1. The van der Waals surface area contributed by atoms with Crippen LogP contribution in [0.1, 0.15) is 12.1 Å². The molecule has 0 saturated carbocycles. The highest BCUT2D eigenvalue weighted by atomic mass is 19.1. The highest BCUT2D eigenvalue weighted by Gasteiger charge is 2.35. The van der Waals surface area contributed by atoms with E-state index in [1.54, 1.807) is 6.20 Å². The lowest BCUT2D eigenvalue weighted by atomic mass is 9.88. The van der Waals surface area contributed by atoms with Gasteiger partial charge in [0.2, 0.25) is 5.91 Å². The number of anilines is 1. The van der Waals surface area contributed by atoms with Gasteiger partial charge >= 0.3 is 5.97 Å². The van der Waals surface area contributed by atoms with E-state index in [1.165, 1.54) is 24.3 Å². The monoisotopic (exact) mass is 357 g/mol. The number of halogens is 1. The van der Waals surface area contributed by atoms with Crippen molar-refractivity contribution in [3.63, 3.8) is 0 Å². The van der Waals surface area contributed by atoms with Gasteiger partial charge in [-0.25, -0.2) is 4.39 Å². The molecule has 0 spiro atoms. The molecule has 1 saturated heterocycles. The summed E-state index contributed by atoms with van der Waals surface area (Å²) in [6, 6.07) is 11.1. The zero-order valence-corrected chi connectivity index (χ0v) is 14.1. The van der Waals surface area contributed by atoms with Gasteiger partial charge in [-0.05, 0) is 42.8 Å². The Morgan fingerprint density at radius 1 is 1.15 bits per heavy atom. The second kappa shape index (κ2) is 8.05. The number of aromatic nitrogens is 1. The molecule has 1 aliphatic heterocycles. The molecule has 0 aliphatic carbocycles. The van der Waals surface area contributed by atoms with Crippen molar-refractivity contribution < 1.29 is 19.1 Å². The number of carbonyl (C=O) groups is 2. The molecule has 0 unspecified atom stereocenters. The zero-order valence-electron chi connectivity index (χ0n) is 14.1. The quantitative estimate of drug-likeness (QED) is 0.859. The first-order valence-electron chi connectivity index (χ1n) is 8.43. The fourth-order valence-corrected chi connectivity index (χ4v) is 3.19. The highest BCUT2D eigenvalue weighted by molar-refractivity contribution is 5.93. The topological polar surface area (TPSA) is 82.5 Å². The van der Waals surface area contributed by atoms with Gasteiger partial charge in [0.05, 0.1) is 17.5 Å². The van der Waals surface area contributed by atoms with Gasteiger partial charge in [0, 0.05) is 31.5 Å². The third-order valence-corrected chi connectivity index (χ3v) is 4.47. The van der Waals surface area contributed by atoms with Crippen molar-refractivity contribution in [3.05, 3.63) is 60.2 Å². The number of hydrogen-bond donors (Lipinski definition) is 2. The van der Waals surface area contributed by atoms with Gasteiger partial charge in [0.15, 0.2) is 0 Å². The van der Waals surface area contributed by atoms with Crippen molar-refractivity contribution in [1.82, 2.24) is 9.88 Å². The summed E-state index contributed by atoms with van der Waals surface area (Å²) in [5.41, 5.74) is 1.32. The minimum absolute atomic E-state index is 0.256. The summed E-state index contributed by atoms with van der Waals surface area (Å²) < 4.78 is 13.0. The van der Waals surface area contributed by atoms with E-state index < -0.39 is 17.8 Å². The van der Waals surface area contributed by atoms with Gasteiger partial charge in [-0.2, -0.15) is 0 Å². The number of pyridine rings is 1. The number of carboxylic acid groups (broad SMARTS) is 1. The van der Waals surface area contributed by atoms with Crippen LogP contribution in [0.15, 0.2) is 48.7 Å². The number of rotatable bonds is 5. The van der Waals surface area contributed by atoms with Crippen LogP contribution < -0.4 is 5.32 Å². The Bertz CT molecular complexity index is 767. The molecule has 1 fully saturated rings. The number of nitrogens with one attached hydrogen (secondary N) is 1. The van der Waals surface area contributed by atoms with Crippen molar-refractivity contribution in [1.29, 1.82) is 0 Å². The minimum atomic E-state index is -0.907. The SMILES string of the molecule is O=C(O)[C@H]1C[C@H](C(=O)Nc2ccc(F)cc2)CN(Cc2ccccn2)C1. The van der Waals surface area contributed by atoms with Gasteiger partial charge < -0.3 is 10.4 Å². The molecule has 2 heterocycles. The van der Waals surface area contributed by atoms with E-state index in [0.29, 0.717) is 25.3 Å². The van der Waals surface area contributed by atoms with Crippen LogP contribution in [0.4, 0.5) is 10.1 Å². The fraction of sp³-hybridized carbons (Fsp3) is 0.316. The molecule has 2 N–H and O–H groups in total. The maximum Gasteiger partial charge on any atom is 0.307 e. The third kappa shape index (κ3) is 4.64. The van der Waals surface area contributed by atoms with Crippen LogP contribution in [-0.4, -0.2) is 40.0 Å². The molecule has 1 amide bonds. The van der Waals surface area contributed by atoms with Crippen LogP contribution in [0.2, 0.25) is 0 Å². The Labute approximate surface area is 150 Å². The van der Waals surface area contributed by atoms with Gasteiger partial charge in [0.25, 0.3) is 0 Å². The molecule has 7 heteroatoms. The maximum absolute atomic E-state index is 13.0. The van der Waals surface area contributed by atoms with Crippen LogP contribution in [0.5, 0.6) is 0 Å². The number of aliphatic carboxylic acids is 1. The molecule has 2 atom stereocenters. The molecule has 26 heavy (non-hydrogen) atoms. The van der Waals surface area contributed by atoms with E-state index in [1.807, 2.05) is 23.1 Å². The first-order chi connectivity index (χ1) is 12.5. The molecular weight excluding hydrogens is 337 g/mol. The van der Waals surface area contributed by atoms with Crippen LogP contribution in [-0.2, 0) is 16.1 Å². The van der Waals surface area contributed by atoms with E-state index in [-0.39, 0.29) is 18.1 Å². The number of amides is 1. The van der Waals surface area contributed by atoms with Crippen LogP contribution in [0.25, 0.3) is 0 Å². The molecule has 3 rings (SSSR count). The molecule has 136 valence electrons. The number of piperidine rings is 1. The van der Waals surface area contributed by atoms with Crippen molar-refractivity contribution >= 4 is 17.6 Å². The lowest BCUT2D eigenvalue weighted by Gasteiger charge is -2.35. The van der Waals surface area contributed by atoms with Crippen LogP contribution >= 0.6 is 0 Å². The van der Waals surface area contributed by atoms with Crippen molar-refractivity contribution in [2.45, 2.75) is 13.0 Å². The van der Waals surface area contributed by atoms with Crippen LogP contribution in [0, 0.1) is 17.7 Å². The minimum Gasteiger partial charge on any atom is -0.481 e. The Morgan fingerprint density at radius 2 is 1.88 bits per heavy atom. The normalized spacial score (nSPS) is 20.5. The maximum atomic E-state index is 13.0. The van der Waals surface area contributed by atoms with Gasteiger partial charge in [-0.1, -0.05) is 6.07 Å². The second-order valence-electron chi connectivity index (χ2n) is 6.48. The van der Waals surface area contributed by atoms with Gasteiger partial charge in [0.1, 0.15) is 5.82 Å². The number of carbonyl (C=O) groups excluding carboxylic acids is 1. The largest absolute Gasteiger partial charge is 0.481 e. The van der Waals surface area contributed by atoms with Crippen molar-refractivity contribution in [3.8, 4) is 0 Å². The molecular formula is C19H20FN3O3. The molecule has 0 bridgehead atoms. The van der Waals surface area contributed by atoms with Gasteiger partial charge in [-0.3, -0.25) is 19.5 Å². The number of hydrogen-bond acceptors (Lipinski definition) is 4. The second-order valence-corrected chi connectivity index (χ2v) is 6.48. The first kappa shape index (κ1) is 18.0. The smallest absolute Gasteiger partial charge is 0.307 e. The van der Waals surface area contributed by atoms with Gasteiger partial charge in [-0.15, -0.1) is 0 Å². The summed E-state index contributed by atoms with van der Waals surface area (Å²) in [6.07, 6.45) is 1.97. The molecule has 1 aromatic heterocycles. The molecule has 1 aliphatic rings. The average molecular weight is 357 g/mol. The van der Waals surface area contributed by atoms with E-state index in [4.69, 9.17) is 0 Å². The summed E-state index contributed by atoms with van der Waals surface area (Å²) in [4.78, 5) is 30.3. The van der Waals surface area contributed by atoms with E-state index >= 15 is 0 Å². The Kier molecular flexibility index (Phi) is 5.58. The summed E-state index contributed by atoms with van der Waals surface area (Å²) in [5, 5.41) is 12.2. The molecule has 2 aromatic rings. The fourth-order valence-electron chi connectivity index (χ4n) is 3.19. The van der Waals surface area contributed by atoms with Crippen molar-refractivity contribution in [2.24, 2.45) is 11.8 Å². The first-order valence-corrected chi connectivity index (χ1v) is 8.43.